The molecule has 0 saturated carbocycles. The van der Waals surface area contributed by atoms with Crippen molar-refractivity contribution in [2.45, 2.75) is 63.8 Å². The summed E-state index contributed by atoms with van der Waals surface area (Å²) >= 11 is 9.67. The Balaban J connectivity index is 1.72. The number of aliphatic hydroxyl groups excluding tert-OH is 1. The predicted octanol–water partition coefficient (Wildman–Crippen LogP) is 6.56. The number of hydrogen-bond donors (Lipinski definition) is 2. The molecule has 0 aliphatic carbocycles. The van der Waals surface area contributed by atoms with Gasteiger partial charge in [0.05, 0.1) is 6.61 Å². The number of halogens is 2. The molecule has 3 aromatic rings. The lowest BCUT2D eigenvalue weighted by atomic mass is 9.83. The number of aliphatic imine (C=N–C) groups is 1. The molecule has 0 aromatic heterocycles. The van der Waals surface area contributed by atoms with Crippen LogP contribution in [-0.2, 0) is 25.6 Å². The van der Waals surface area contributed by atoms with E-state index in [9.17, 15) is 9.59 Å². The summed E-state index contributed by atoms with van der Waals surface area (Å²) in [6.07, 6.45) is -0.321. The van der Waals surface area contributed by atoms with Crippen molar-refractivity contribution in [3.8, 4) is 5.75 Å². The van der Waals surface area contributed by atoms with Crippen LogP contribution in [0.3, 0.4) is 0 Å². The molecule has 2 atom stereocenters. The van der Waals surface area contributed by atoms with Crippen LogP contribution >= 0.6 is 27.5 Å². The summed E-state index contributed by atoms with van der Waals surface area (Å²) < 4.78 is 18.5. The van der Waals surface area contributed by atoms with E-state index in [0.29, 0.717) is 29.4 Å². The van der Waals surface area contributed by atoms with Crippen molar-refractivity contribution in [2.24, 2.45) is 4.99 Å². The van der Waals surface area contributed by atoms with Crippen molar-refractivity contribution < 1.29 is 28.9 Å². The maximum Gasteiger partial charge on any atom is 0.306 e. The van der Waals surface area contributed by atoms with Gasteiger partial charge in [-0.1, -0.05) is 57.9 Å². The summed E-state index contributed by atoms with van der Waals surface area (Å²) in [6, 6.07) is 21.9. The number of nitrogens with zero attached hydrogens (tertiary/aromatic N) is 1. The van der Waals surface area contributed by atoms with E-state index in [1.807, 2.05) is 36.4 Å². The molecule has 1 aliphatic heterocycles. The van der Waals surface area contributed by atoms with E-state index in [-0.39, 0.29) is 37.8 Å². The Morgan fingerprint density at radius 1 is 1.07 bits per heavy atom. The number of rotatable bonds is 12. The van der Waals surface area contributed by atoms with E-state index in [1.54, 1.807) is 57.2 Å². The van der Waals surface area contributed by atoms with Crippen molar-refractivity contribution in [1.29, 1.82) is 0 Å². The zero-order valence-electron chi connectivity index (χ0n) is 24.4. The molecule has 0 saturated heterocycles. The lowest BCUT2D eigenvalue weighted by Crippen LogP contribution is -2.48. The van der Waals surface area contributed by atoms with Gasteiger partial charge in [-0.05, 0) is 75.2 Å². The highest BCUT2D eigenvalue weighted by atomic mass is 79.9. The van der Waals surface area contributed by atoms with Crippen LogP contribution in [-0.4, -0.2) is 47.2 Å². The first-order chi connectivity index (χ1) is 20.5. The molecule has 0 radical (unpaired) electrons. The number of aliphatic hydroxyl groups is 1. The molecule has 1 heterocycles. The zero-order valence-corrected chi connectivity index (χ0v) is 26.8. The Labute approximate surface area is 265 Å². The van der Waals surface area contributed by atoms with Crippen LogP contribution in [0.1, 0.15) is 62.8 Å². The molecule has 1 aliphatic rings. The Kier molecular flexibility index (Phi) is 10.9. The van der Waals surface area contributed by atoms with E-state index in [2.05, 4.69) is 21.2 Å². The molecule has 0 fully saturated rings. The Morgan fingerprint density at radius 3 is 2.42 bits per heavy atom. The minimum Gasteiger partial charge on any atom is -0.494 e. The molecule has 1 amide bonds. The van der Waals surface area contributed by atoms with Crippen LogP contribution in [0, 0.1) is 0 Å². The van der Waals surface area contributed by atoms with Gasteiger partial charge in [0.15, 0.2) is 11.6 Å². The lowest BCUT2D eigenvalue weighted by molar-refractivity contribution is -0.155. The van der Waals surface area contributed by atoms with E-state index in [0.717, 1.165) is 15.6 Å². The zero-order chi connectivity index (χ0) is 31.0. The van der Waals surface area contributed by atoms with E-state index in [1.165, 1.54) is 0 Å². The Morgan fingerprint density at radius 2 is 1.77 bits per heavy atom. The number of hydrogen-bond acceptors (Lipinski definition) is 7. The summed E-state index contributed by atoms with van der Waals surface area (Å²) in [5.41, 5.74) is 0.0632. The molecule has 10 heteroatoms. The highest BCUT2D eigenvalue weighted by Gasteiger charge is 2.53. The maximum atomic E-state index is 14.2. The van der Waals surface area contributed by atoms with Crippen LogP contribution in [0.5, 0.6) is 5.75 Å². The van der Waals surface area contributed by atoms with Gasteiger partial charge < -0.3 is 24.6 Å². The molecule has 43 heavy (non-hydrogen) atoms. The standard InChI is InChI=1S/C33H36BrClN2O6/c1-32(2,3)43-28(39)17-18-33(31(40)36-21-22-9-13-24(35)14-10-22)29(26-7-4-5-8-27(26)34)42-30(37-33)23-11-15-25(16-12-23)41-20-6-19-38/h4-5,7-16,29,38H,6,17-21H2,1-3H3,(H,36,40)/t29-,33-/m1/s1. The number of carbonyl (C=O) groups is 2. The highest BCUT2D eigenvalue weighted by Crippen LogP contribution is 2.45. The van der Waals surface area contributed by atoms with E-state index >= 15 is 0 Å². The summed E-state index contributed by atoms with van der Waals surface area (Å²) in [7, 11) is 0. The van der Waals surface area contributed by atoms with Gasteiger partial charge in [-0.15, -0.1) is 0 Å². The van der Waals surface area contributed by atoms with Gasteiger partial charge in [0.25, 0.3) is 5.91 Å². The quantitative estimate of drug-likeness (QED) is 0.167. The topological polar surface area (TPSA) is 106 Å². The fourth-order valence-corrected chi connectivity index (χ4v) is 5.28. The molecule has 0 unspecified atom stereocenters. The number of ether oxygens (including phenoxy) is 3. The first-order valence-corrected chi connectivity index (χ1v) is 15.3. The van der Waals surface area contributed by atoms with Gasteiger partial charge in [-0.2, -0.15) is 0 Å². The molecule has 4 rings (SSSR count). The summed E-state index contributed by atoms with van der Waals surface area (Å²) in [6.45, 7) is 6.07. The van der Waals surface area contributed by atoms with Gasteiger partial charge >= 0.3 is 5.97 Å². The van der Waals surface area contributed by atoms with Crippen LogP contribution in [0.2, 0.25) is 5.02 Å². The fourth-order valence-electron chi connectivity index (χ4n) is 4.66. The smallest absolute Gasteiger partial charge is 0.306 e. The largest absolute Gasteiger partial charge is 0.494 e. The normalized spacial score (nSPS) is 18.0. The minimum absolute atomic E-state index is 0.0463. The maximum absolute atomic E-state index is 14.2. The van der Waals surface area contributed by atoms with E-state index in [4.69, 9.17) is 35.9 Å². The third-order valence-corrected chi connectivity index (χ3v) is 7.69. The summed E-state index contributed by atoms with van der Waals surface area (Å²) in [5.74, 6) is 0.0885. The van der Waals surface area contributed by atoms with Crippen molar-refractivity contribution in [3.63, 3.8) is 0 Å². The molecule has 228 valence electrons. The van der Waals surface area contributed by atoms with Crippen molar-refractivity contribution in [3.05, 3.63) is 99.0 Å². The third-order valence-electron chi connectivity index (χ3n) is 6.71. The van der Waals surface area contributed by atoms with Crippen LogP contribution in [0.25, 0.3) is 0 Å². The second kappa shape index (κ2) is 14.4. The molecular formula is C33H36BrClN2O6. The van der Waals surface area contributed by atoms with Gasteiger partial charge in [-0.25, -0.2) is 4.99 Å². The fraction of sp³-hybridized carbons (Fsp3) is 0.364. The first kappa shape index (κ1) is 32.5. The average molecular weight is 672 g/mol. The number of benzene rings is 3. The van der Waals surface area contributed by atoms with Crippen LogP contribution < -0.4 is 10.1 Å². The molecule has 8 nitrogen and oxygen atoms in total. The lowest BCUT2D eigenvalue weighted by Gasteiger charge is -2.31. The average Bonchev–Trinajstić information content (AvgIpc) is 3.36. The summed E-state index contributed by atoms with van der Waals surface area (Å²) in [4.78, 5) is 32.1. The van der Waals surface area contributed by atoms with Crippen LogP contribution in [0.15, 0.2) is 82.3 Å². The first-order valence-electron chi connectivity index (χ1n) is 14.1. The number of carbonyl (C=O) groups excluding carboxylic acids is 2. The van der Waals surface area contributed by atoms with Crippen molar-refractivity contribution in [1.82, 2.24) is 5.32 Å². The van der Waals surface area contributed by atoms with E-state index < -0.39 is 23.2 Å². The summed E-state index contributed by atoms with van der Waals surface area (Å²) in [5, 5.41) is 12.7. The van der Waals surface area contributed by atoms with Gasteiger partial charge in [0.1, 0.15) is 11.4 Å². The van der Waals surface area contributed by atoms with Crippen molar-refractivity contribution >= 4 is 45.3 Å². The monoisotopic (exact) mass is 670 g/mol. The number of amides is 1. The van der Waals surface area contributed by atoms with Crippen LogP contribution in [0.4, 0.5) is 0 Å². The third kappa shape index (κ3) is 8.59. The van der Waals surface area contributed by atoms with Crippen molar-refractivity contribution in [2.75, 3.05) is 13.2 Å². The Hall–Kier alpha value is -3.40. The number of esters is 1. The van der Waals surface area contributed by atoms with Gasteiger partial charge in [0.2, 0.25) is 5.90 Å². The molecule has 0 bridgehead atoms. The molecular weight excluding hydrogens is 636 g/mol. The molecule has 3 aromatic carbocycles. The second-order valence-electron chi connectivity index (χ2n) is 11.2. The van der Waals surface area contributed by atoms with Gasteiger partial charge in [-0.3, -0.25) is 9.59 Å². The Bertz CT molecular complexity index is 1440. The predicted molar refractivity (Wildman–Crippen MR) is 169 cm³/mol. The molecule has 0 spiro atoms. The number of nitrogens with one attached hydrogen (secondary N) is 1. The molecule has 2 N–H and O–H groups in total. The highest BCUT2D eigenvalue weighted by molar-refractivity contribution is 9.10. The van der Waals surface area contributed by atoms with Gasteiger partial charge in [0, 0.05) is 46.6 Å². The second-order valence-corrected chi connectivity index (χ2v) is 12.5. The SMILES string of the molecule is CC(C)(C)OC(=O)CC[C@@]1(C(=O)NCc2ccc(Cl)cc2)N=C(c2ccc(OCCCO)cc2)O[C@@H]1c1ccccc1Br. The minimum atomic E-state index is -1.49.